The number of rotatable bonds is 3. The molecule has 0 unspecified atom stereocenters. The summed E-state index contributed by atoms with van der Waals surface area (Å²) in [6, 6.07) is 0. The lowest BCUT2D eigenvalue weighted by Crippen LogP contribution is -1.98. The summed E-state index contributed by atoms with van der Waals surface area (Å²) >= 11 is 0. The summed E-state index contributed by atoms with van der Waals surface area (Å²) in [6.07, 6.45) is 3.23. The summed E-state index contributed by atoms with van der Waals surface area (Å²) in [7, 11) is 0. The molecule has 0 atom stereocenters. The lowest BCUT2D eigenvalue weighted by Gasteiger charge is -1.89. The fourth-order valence-electron chi connectivity index (χ4n) is 0.732. The minimum absolute atomic E-state index is 0.289. The molecule has 0 aromatic carbocycles. The van der Waals surface area contributed by atoms with Crippen molar-refractivity contribution in [3.8, 4) is 0 Å². The van der Waals surface area contributed by atoms with Crippen LogP contribution >= 0.6 is 0 Å². The van der Waals surface area contributed by atoms with Gasteiger partial charge >= 0.3 is 0 Å². The second kappa shape index (κ2) is 3.09. The minimum Gasteiger partial charge on any atom is -0.294 e. The first kappa shape index (κ1) is 7.65. The molecular weight excluding hydrogens is 144 g/mol. The number of ketones is 1. The van der Waals surface area contributed by atoms with Gasteiger partial charge in [0.15, 0.2) is 6.29 Å². The molecule has 0 aliphatic carbocycles. The molecule has 1 aromatic rings. The lowest BCUT2D eigenvalue weighted by atomic mass is 10.3. The Morgan fingerprint density at radius 3 is 3.00 bits per heavy atom. The van der Waals surface area contributed by atoms with Crippen molar-refractivity contribution in [1.82, 2.24) is 9.78 Å². The highest BCUT2D eigenvalue weighted by molar-refractivity contribution is 6.33. The molecule has 1 rings (SSSR count). The first-order chi connectivity index (χ1) is 5.27. The average Bonchev–Trinajstić information content (AvgIpc) is 2.50. The quantitative estimate of drug-likeness (QED) is 0.355. The Hall–Kier alpha value is -1.45. The molecule has 0 saturated heterocycles. The minimum atomic E-state index is -0.523. The summed E-state index contributed by atoms with van der Waals surface area (Å²) in [5.74, 6) is -0.523. The highest BCUT2D eigenvalue weighted by Gasteiger charge is 2.05. The van der Waals surface area contributed by atoms with Crippen molar-refractivity contribution in [3.05, 3.63) is 18.0 Å². The highest BCUT2D eigenvalue weighted by Crippen LogP contribution is 1.96. The third kappa shape index (κ3) is 1.52. The van der Waals surface area contributed by atoms with Crippen molar-refractivity contribution >= 4 is 12.1 Å². The number of carbonyl (C=O) groups is 2. The summed E-state index contributed by atoms with van der Waals surface area (Å²) in [4.78, 5) is 20.7. The standard InChI is InChI=1S/C7H8N2O2/c1-2-9-4-6(3-8-9)7(11)5-10/h3-5H,2H2,1H3. The molecule has 0 spiro atoms. The van der Waals surface area contributed by atoms with E-state index >= 15 is 0 Å². The number of Topliss-reactive ketones (excluding diaryl/α,β-unsaturated/α-hetero) is 1. The van der Waals surface area contributed by atoms with E-state index in [1.165, 1.54) is 6.20 Å². The normalized spacial score (nSPS) is 9.55. The van der Waals surface area contributed by atoms with Crippen molar-refractivity contribution in [2.45, 2.75) is 13.5 Å². The molecule has 4 heteroatoms. The van der Waals surface area contributed by atoms with E-state index in [2.05, 4.69) is 5.10 Å². The number of nitrogens with zero attached hydrogens (tertiary/aromatic N) is 2. The smallest absolute Gasteiger partial charge is 0.228 e. The van der Waals surface area contributed by atoms with Gasteiger partial charge in [-0.2, -0.15) is 5.10 Å². The van der Waals surface area contributed by atoms with Crippen molar-refractivity contribution in [1.29, 1.82) is 0 Å². The predicted octanol–water partition coefficient (Wildman–Crippen LogP) is 0.285. The fourth-order valence-corrected chi connectivity index (χ4v) is 0.732. The first-order valence-corrected chi connectivity index (χ1v) is 3.30. The van der Waals surface area contributed by atoms with E-state index in [1.54, 1.807) is 10.9 Å². The number of aryl methyl sites for hydroxylation is 1. The SMILES string of the molecule is CCn1cc(C(=O)C=O)cn1. The summed E-state index contributed by atoms with van der Waals surface area (Å²) in [5.41, 5.74) is 0.349. The van der Waals surface area contributed by atoms with Gasteiger partial charge in [0.1, 0.15) is 0 Å². The monoisotopic (exact) mass is 152 g/mol. The Morgan fingerprint density at radius 2 is 2.55 bits per heavy atom. The van der Waals surface area contributed by atoms with E-state index in [0.29, 0.717) is 12.1 Å². The molecule has 11 heavy (non-hydrogen) atoms. The zero-order valence-corrected chi connectivity index (χ0v) is 6.15. The molecule has 0 fully saturated rings. The maximum atomic E-state index is 10.7. The Bertz CT molecular complexity index is 278. The maximum absolute atomic E-state index is 10.7. The zero-order valence-electron chi connectivity index (χ0n) is 6.15. The van der Waals surface area contributed by atoms with Gasteiger partial charge < -0.3 is 0 Å². The second-order valence-electron chi connectivity index (χ2n) is 2.07. The Labute approximate surface area is 63.8 Å². The lowest BCUT2D eigenvalue weighted by molar-refractivity contribution is -0.104. The van der Waals surface area contributed by atoms with Gasteiger partial charge in [-0.25, -0.2) is 0 Å². The number of hydrogen-bond acceptors (Lipinski definition) is 3. The number of aromatic nitrogens is 2. The van der Waals surface area contributed by atoms with Crippen LogP contribution in [0, 0.1) is 0 Å². The Morgan fingerprint density at radius 1 is 1.82 bits per heavy atom. The van der Waals surface area contributed by atoms with Crippen molar-refractivity contribution in [3.63, 3.8) is 0 Å². The maximum Gasteiger partial charge on any atom is 0.228 e. The van der Waals surface area contributed by atoms with Crippen LogP contribution in [0.15, 0.2) is 12.4 Å². The topological polar surface area (TPSA) is 52.0 Å². The predicted molar refractivity (Wildman–Crippen MR) is 38.3 cm³/mol. The molecule has 1 aromatic heterocycles. The van der Waals surface area contributed by atoms with Crippen LogP contribution in [0.25, 0.3) is 0 Å². The number of aldehydes is 1. The molecular formula is C7H8N2O2. The first-order valence-electron chi connectivity index (χ1n) is 3.30. The Balaban J connectivity index is 2.88. The molecule has 4 nitrogen and oxygen atoms in total. The van der Waals surface area contributed by atoms with E-state index in [1.807, 2.05) is 6.92 Å². The van der Waals surface area contributed by atoms with E-state index in [0.717, 1.165) is 0 Å². The molecule has 0 N–H and O–H groups in total. The molecule has 0 radical (unpaired) electrons. The van der Waals surface area contributed by atoms with Gasteiger partial charge in [0.2, 0.25) is 5.78 Å². The van der Waals surface area contributed by atoms with Gasteiger partial charge in [-0.05, 0) is 6.92 Å². The van der Waals surface area contributed by atoms with Crippen LogP contribution in [-0.2, 0) is 11.3 Å². The Kier molecular flexibility index (Phi) is 2.15. The van der Waals surface area contributed by atoms with Gasteiger partial charge in [0.05, 0.1) is 11.8 Å². The number of carbonyl (C=O) groups excluding carboxylic acids is 2. The van der Waals surface area contributed by atoms with E-state index in [4.69, 9.17) is 0 Å². The molecule has 0 aliphatic rings. The zero-order chi connectivity index (χ0) is 8.27. The van der Waals surface area contributed by atoms with Crippen LogP contribution < -0.4 is 0 Å². The summed E-state index contributed by atoms with van der Waals surface area (Å²) < 4.78 is 1.59. The summed E-state index contributed by atoms with van der Waals surface area (Å²) in [5, 5.41) is 3.84. The molecule has 0 bridgehead atoms. The fraction of sp³-hybridized carbons (Fsp3) is 0.286. The molecule has 0 saturated carbocycles. The van der Waals surface area contributed by atoms with Gasteiger partial charge in [-0.1, -0.05) is 0 Å². The highest BCUT2D eigenvalue weighted by atomic mass is 16.2. The molecule has 58 valence electrons. The van der Waals surface area contributed by atoms with Crippen LogP contribution in [-0.4, -0.2) is 21.8 Å². The molecule has 1 heterocycles. The molecule has 0 amide bonds. The van der Waals surface area contributed by atoms with Crippen LogP contribution in [0.3, 0.4) is 0 Å². The van der Waals surface area contributed by atoms with Crippen LogP contribution in [0.5, 0.6) is 0 Å². The van der Waals surface area contributed by atoms with E-state index < -0.39 is 5.78 Å². The van der Waals surface area contributed by atoms with Gasteiger partial charge in [-0.15, -0.1) is 0 Å². The van der Waals surface area contributed by atoms with Gasteiger partial charge in [0.25, 0.3) is 0 Å². The van der Waals surface area contributed by atoms with E-state index in [-0.39, 0.29) is 6.29 Å². The van der Waals surface area contributed by atoms with Crippen molar-refractivity contribution in [2.75, 3.05) is 0 Å². The number of hydrogen-bond donors (Lipinski definition) is 0. The van der Waals surface area contributed by atoms with Crippen LogP contribution in [0.2, 0.25) is 0 Å². The van der Waals surface area contributed by atoms with E-state index in [9.17, 15) is 9.59 Å². The van der Waals surface area contributed by atoms with Crippen molar-refractivity contribution < 1.29 is 9.59 Å². The summed E-state index contributed by atoms with van der Waals surface area (Å²) in [6.45, 7) is 2.61. The third-order valence-corrected chi connectivity index (χ3v) is 1.35. The average molecular weight is 152 g/mol. The molecule has 0 aliphatic heterocycles. The van der Waals surface area contributed by atoms with Crippen molar-refractivity contribution in [2.24, 2.45) is 0 Å². The van der Waals surface area contributed by atoms with Crippen LogP contribution in [0.4, 0.5) is 0 Å². The second-order valence-corrected chi connectivity index (χ2v) is 2.07. The third-order valence-electron chi connectivity index (χ3n) is 1.35. The van der Waals surface area contributed by atoms with Gasteiger partial charge in [-0.3, -0.25) is 14.3 Å². The van der Waals surface area contributed by atoms with Gasteiger partial charge in [0, 0.05) is 12.7 Å². The van der Waals surface area contributed by atoms with Crippen LogP contribution in [0.1, 0.15) is 17.3 Å². The largest absolute Gasteiger partial charge is 0.294 e.